The zero-order chi connectivity index (χ0) is 14.2. The highest BCUT2D eigenvalue weighted by atomic mass is 16.3. The number of aromatic hydroxyl groups is 1. The van der Waals surface area contributed by atoms with Gasteiger partial charge in [-0.3, -0.25) is 9.20 Å². The molecule has 2 aromatic rings. The number of nitrogens with zero attached hydrogens (tertiary/aromatic N) is 3. The molecular weight excluding hydrogens is 242 g/mol. The van der Waals surface area contributed by atoms with Crippen molar-refractivity contribution in [3.63, 3.8) is 0 Å². The molecule has 0 aliphatic carbocycles. The van der Waals surface area contributed by atoms with Gasteiger partial charge in [-0.15, -0.1) is 0 Å². The first-order chi connectivity index (χ1) is 8.91. The van der Waals surface area contributed by atoms with Crippen LogP contribution in [-0.4, -0.2) is 33.5 Å². The van der Waals surface area contributed by atoms with Crippen molar-refractivity contribution < 1.29 is 5.11 Å². The van der Waals surface area contributed by atoms with E-state index in [4.69, 9.17) is 0 Å². The van der Waals surface area contributed by atoms with Crippen LogP contribution in [0.25, 0.3) is 5.65 Å². The lowest BCUT2D eigenvalue weighted by Crippen LogP contribution is -2.21. The van der Waals surface area contributed by atoms with E-state index in [0.717, 1.165) is 5.56 Å². The molecule has 2 aromatic heterocycles. The molecule has 0 radical (unpaired) electrons. The molecule has 0 unspecified atom stereocenters. The summed E-state index contributed by atoms with van der Waals surface area (Å²) in [5.74, 6) is 0.184. The monoisotopic (exact) mass is 261 g/mol. The van der Waals surface area contributed by atoms with Gasteiger partial charge in [0, 0.05) is 30.1 Å². The third-order valence-electron chi connectivity index (χ3n) is 3.07. The summed E-state index contributed by atoms with van der Waals surface area (Å²) in [6.45, 7) is 4.50. The van der Waals surface area contributed by atoms with Gasteiger partial charge in [0.15, 0.2) is 11.4 Å². The summed E-state index contributed by atoms with van der Waals surface area (Å²) in [5.41, 5.74) is 1.60. The Morgan fingerprint density at radius 1 is 1.42 bits per heavy atom. The third-order valence-corrected chi connectivity index (χ3v) is 3.07. The van der Waals surface area contributed by atoms with Crippen molar-refractivity contribution in [3.8, 4) is 5.75 Å². The molecule has 0 amide bonds. The normalized spacial score (nSPS) is 11.7. The van der Waals surface area contributed by atoms with Gasteiger partial charge in [-0.05, 0) is 26.1 Å². The van der Waals surface area contributed by atoms with E-state index in [-0.39, 0.29) is 17.2 Å². The fourth-order valence-electron chi connectivity index (χ4n) is 2.05. The second-order valence-corrected chi connectivity index (χ2v) is 5.29. The van der Waals surface area contributed by atoms with Crippen LogP contribution in [0.5, 0.6) is 5.75 Å². The van der Waals surface area contributed by atoms with Crippen molar-refractivity contribution in [2.45, 2.75) is 26.3 Å². The Hall–Kier alpha value is -1.88. The molecule has 102 valence electrons. The molecule has 0 bridgehead atoms. The second-order valence-electron chi connectivity index (χ2n) is 5.29. The molecule has 19 heavy (non-hydrogen) atoms. The standard InChI is InChI=1S/C14H19N3O2/c1-9(2)11-7-15-13-12(18)10(8-16(3)4)5-6-17(13)14(11)19/h5-7,9,18H,8H2,1-4H3. The lowest BCUT2D eigenvalue weighted by atomic mass is 10.1. The number of fused-ring (bicyclic) bond motifs is 1. The minimum Gasteiger partial charge on any atom is -0.504 e. The Morgan fingerprint density at radius 2 is 2.11 bits per heavy atom. The highest BCUT2D eigenvalue weighted by Crippen LogP contribution is 2.22. The zero-order valence-electron chi connectivity index (χ0n) is 11.7. The first-order valence-corrected chi connectivity index (χ1v) is 6.28. The molecule has 5 heteroatoms. The predicted molar refractivity (Wildman–Crippen MR) is 74.6 cm³/mol. The van der Waals surface area contributed by atoms with E-state index < -0.39 is 0 Å². The molecule has 0 aliphatic heterocycles. The quantitative estimate of drug-likeness (QED) is 0.911. The summed E-state index contributed by atoms with van der Waals surface area (Å²) in [6.07, 6.45) is 3.23. The summed E-state index contributed by atoms with van der Waals surface area (Å²) in [7, 11) is 3.84. The van der Waals surface area contributed by atoms with Crippen LogP contribution in [0.4, 0.5) is 0 Å². The van der Waals surface area contributed by atoms with E-state index in [2.05, 4.69) is 4.98 Å². The number of pyridine rings is 1. The van der Waals surface area contributed by atoms with Gasteiger partial charge in [0.05, 0.1) is 0 Å². The van der Waals surface area contributed by atoms with Crippen LogP contribution in [-0.2, 0) is 6.54 Å². The summed E-state index contributed by atoms with van der Waals surface area (Å²) in [6, 6.07) is 1.76. The van der Waals surface area contributed by atoms with Crippen LogP contribution in [0.1, 0.15) is 30.9 Å². The lowest BCUT2D eigenvalue weighted by molar-refractivity contribution is 0.386. The van der Waals surface area contributed by atoms with Crippen molar-refractivity contribution in [1.82, 2.24) is 14.3 Å². The van der Waals surface area contributed by atoms with Gasteiger partial charge in [0.2, 0.25) is 0 Å². The van der Waals surface area contributed by atoms with E-state index in [1.54, 1.807) is 18.5 Å². The maximum absolute atomic E-state index is 12.3. The summed E-state index contributed by atoms with van der Waals surface area (Å²) < 4.78 is 1.41. The Morgan fingerprint density at radius 3 is 2.68 bits per heavy atom. The second kappa shape index (κ2) is 5.01. The molecule has 0 saturated carbocycles. The zero-order valence-corrected chi connectivity index (χ0v) is 11.7. The molecule has 0 aromatic carbocycles. The number of aromatic nitrogens is 2. The molecular formula is C14H19N3O2. The summed E-state index contributed by atoms with van der Waals surface area (Å²) in [4.78, 5) is 18.4. The highest BCUT2D eigenvalue weighted by molar-refractivity contribution is 5.56. The van der Waals surface area contributed by atoms with Crippen molar-refractivity contribution in [2.24, 2.45) is 0 Å². The molecule has 1 N–H and O–H groups in total. The average Bonchev–Trinajstić information content (AvgIpc) is 2.32. The Bertz CT molecular complexity index is 660. The van der Waals surface area contributed by atoms with Crippen LogP contribution < -0.4 is 5.56 Å². The molecule has 2 rings (SSSR count). The van der Waals surface area contributed by atoms with Crippen LogP contribution in [0.15, 0.2) is 23.3 Å². The SMILES string of the molecule is CC(C)c1cnc2c(O)c(CN(C)C)ccn2c1=O. The average molecular weight is 261 g/mol. The van der Waals surface area contributed by atoms with Gasteiger partial charge in [0.25, 0.3) is 5.56 Å². The molecule has 0 saturated heterocycles. The minimum atomic E-state index is -0.119. The van der Waals surface area contributed by atoms with Crippen LogP contribution in [0.2, 0.25) is 0 Å². The largest absolute Gasteiger partial charge is 0.504 e. The van der Waals surface area contributed by atoms with E-state index >= 15 is 0 Å². The number of rotatable bonds is 3. The first kappa shape index (κ1) is 13.5. The summed E-state index contributed by atoms with van der Waals surface area (Å²) in [5, 5.41) is 10.2. The van der Waals surface area contributed by atoms with Crippen molar-refractivity contribution in [1.29, 1.82) is 0 Å². The van der Waals surface area contributed by atoms with Crippen LogP contribution in [0, 0.1) is 0 Å². The maximum atomic E-state index is 12.3. The fourth-order valence-corrected chi connectivity index (χ4v) is 2.05. The number of hydrogen-bond donors (Lipinski definition) is 1. The van der Waals surface area contributed by atoms with Crippen molar-refractivity contribution in [3.05, 3.63) is 39.9 Å². The van der Waals surface area contributed by atoms with E-state index in [9.17, 15) is 9.90 Å². The molecule has 0 atom stereocenters. The van der Waals surface area contributed by atoms with Gasteiger partial charge in [-0.1, -0.05) is 13.8 Å². The molecule has 0 aliphatic rings. The van der Waals surface area contributed by atoms with Gasteiger partial charge < -0.3 is 10.0 Å². The minimum absolute atomic E-state index is 0.0728. The lowest BCUT2D eigenvalue weighted by Gasteiger charge is -2.13. The van der Waals surface area contributed by atoms with Crippen molar-refractivity contribution >= 4 is 5.65 Å². The predicted octanol–water partition coefficient (Wildman–Crippen LogP) is 1.59. The van der Waals surface area contributed by atoms with E-state index in [1.807, 2.05) is 32.8 Å². The fraction of sp³-hybridized carbons (Fsp3) is 0.429. The van der Waals surface area contributed by atoms with Gasteiger partial charge in [-0.2, -0.15) is 0 Å². The van der Waals surface area contributed by atoms with E-state index in [0.29, 0.717) is 17.8 Å². The van der Waals surface area contributed by atoms with E-state index in [1.165, 1.54) is 4.40 Å². The molecule has 0 fully saturated rings. The van der Waals surface area contributed by atoms with Crippen molar-refractivity contribution in [2.75, 3.05) is 14.1 Å². The molecule has 2 heterocycles. The van der Waals surface area contributed by atoms with Gasteiger partial charge >= 0.3 is 0 Å². The first-order valence-electron chi connectivity index (χ1n) is 6.28. The van der Waals surface area contributed by atoms with Crippen LogP contribution in [0.3, 0.4) is 0 Å². The highest BCUT2D eigenvalue weighted by Gasteiger charge is 2.13. The topological polar surface area (TPSA) is 57.8 Å². The Balaban J connectivity index is 2.66. The van der Waals surface area contributed by atoms with Gasteiger partial charge in [0.1, 0.15) is 0 Å². The number of hydrogen-bond acceptors (Lipinski definition) is 4. The summed E-state index contributed by atoms with van der Waals surface area (Å²) >= 11 is 0. The molecule has 0 spiro atoms. The maximum Gasteiger partial charge on any atom is 0.261 e. The van der Waals surface area contributed by atoms with Gasteiger partial charge in [-0.25, -0.2) is 4.98 Å². The Kier molecular flexibility index (Phi) is 3.57. The van der Waals surface area contributed by atoms with Crippen LogP contribution >= 0.6 is 0 Å². The smallest absolute Gasteiger partial charge is 0.261 e. The molecule has 5 nitrogen and oxygen atoms in total. The third kappa shape index (κ3) is 2.46. The Labute approximate surface area is 112 Å².